The van der Waals surface area contributed by atoms with Crippen molar-refractivity contribution < 1.29 is 27.9 Å². The highest BCUT2D eigenvalue weighted by molar-refractivity contribution is 5.98. The largest absolute Gasteiger partial charge is 0.459 e. The van der Waals surface area contributed by atoms with Gasteiger partial charge in [0.05, 0.1) is 5.92 Å². The summed E-state index contributed by atoms with van der Waals surface area (Å²) in [4.78, 5) is 37.3. The van der Waals surface area contributed by atoms with E-state index in [-0.39, 0.29) is 24.0 Å². The zero-order chi connectivity index (χ0) is 24.4. The molecule has 0 aliphatic rings. The molecule has 3 atom stereocenters. The standard InChI is InChI=1S/C26H31F2NO4/c1-4-22(26(32)33-16-24(27)28)17(2)13-18(3)25(31)29-21-12-8-9-19(14-21)15-23(30)20-10-6-5-7-11-20/h5-12,14,17-18,22,24H,4,13,15-16H2,1-3H3,(H,29,31). The fourth-order valence-electron chi connectivity index (χ4n) is 3.82. The van der Waals surface area contributed by atoms with E-state index in [9.17, 15) is 23.2 Å². The molecule has 178 valence electrons. The lowest BCUT2D eigenvalue weighted by Gasteiger charge is -2.23. The average Bonchev–Trinajstić information content (AvgIpc) is 2.78. The second-order valence-corrected chi connectivity index (χ2v) is 8.31. The van der Waals surface area contributed by atoms with E-state index in [2.05, 4.69) is 10.1 Å². The number of nitrogens with one attached hydrogen (secondary N) is 1. The minimum absolute atomic E-state index is 0.00870. The highest BCUT2D eigenvalue weighted by atomic mass is 19.3. The van der Waals surface area contributed by atoms with E-state index in [1.807, 2.05) is 31.2 Å². The predicted molar refractivity (Wildman–Crippen MR) is 123 cm³/mol. The van der Waals surface area contributed by atoms with Crippen LogP contribution in [0, 0.1) is 17.8 Å². The molecule has 0 fully saturated rings. The molecule has 1 amide bonds. The Morgan fingerprint density at radius 3 is 2.33 bits per heavy atom. The number of alkyl halides is 2. The Hall–Kier alpha value is -3.09. The van der Waals surface area contributed by atoms with E-state index >= 15 is 0 Å². The Bertz CT molecular complexity index is 933. The van der Waals surface area contributed by atoms with Gasteiger partial charge in [0.15, 0.2) is 12.4 Å². The molecule has 3 unspecified atom stereocenters. The summed E-state index contributed by atoms with van der Waals surface area (Å²) < 4.78 is 29.3. The van der Waals surface area contributed by atoms with Crippen LogP contribution in [0.1, 0.15) is 49.5 Å². The molecule has 5 nitrogen and oxygen atoms in total. The molecule has 0 heterocycles. The van der Waals surface area contributed by atoms with Crippen molar-refractivity contribution in [3.05, 3.63) is 65.7 Å². The molecule has 1 N–H and O–H groups in total. The van der Waals surface area contributed by atoms with E-state index in [0.29, 0.717) is 24.1 Å². The van der Waals surface area contributed by atoms with Gasteiger partial charge in [0.25, 0.3) is 6.43 Å². The highest BCUT2D eigenvalue weighted by Gasteiger charge is 2.28. The number of rotatable bonds is 12. The number of hydrogen-bond acceptors (Lipinski definition) is 4. The van der Waals surface area contributed by atoms with Gasteiger partial charge in [-0.2, -0.15) is 0 Å². The summed E-state index contributed by atoms with van der Waals surface area (Å²) in [6.07, 6.45) is -1.64. The molecule has 0 saturated heterocycles. The van der Waals surface area contributed by atoms with E-state index in [1.54, 1.807) is 44.2 Å². The van der Waals surface area contributed by atoms with Gasteiger partial charge in [-0.3, -0.25) is 14.4 Å². The summed E-state index contributed by atoms with van der Waals surface area (Å²) in [5, 5.41) is 2.86. The summed E-state index contributed by atoms with van der Waals surface area (Å²) in [6.45, 7) is 4.45. The number of esters is 1. The van der Waals surface area contributed by atoms with Crippen LogP contribution in [0.25, 0.3) is 0 Å². The quantitative estimate of drug-likeness (QED) is 0.334. The molecular weight excluding hydrogens is 428 g/mol. The number of carbonyl (C=O) groups excluding carboxylic acids is 3. The second-order valence-electron chi connectivity index (χ2n) is 8.31. The minimum Gasteiger partial charge on any atom is -0.459 e. The maximum atomic E-state index is 12.7. The van der Waals surface area contributed by atoms with Crippen molar-refractivity contribution in [1.82, 2.24) is 0 Å². The number of anilines is 1. The van der Waals surface area contributed by atoms with Crippen LogP contribution in [-0.2, 0) is 20.7 Å². The molecule has 7 heteroatoms. The van der Waals surface area contributed by atoms with Crippen LogP contribution in [0.2, 0.25) is 0 Å². The van der Waals surface area contributed by atoms with Crippen molar-refractivity contribution in [1.29, 1.82) is 0 Å². The molecule has 0 aliphatic heterocycles. The highest BCUT2D eigenvalue weighted by Crippen LogP contribution is 2.25. The van der Waals surface area contributed by atoms with Crippen molar-refractivity contribution in [3.63, 3.8) is 0 Å². The fraction of sp³-hybridized carbons (Fsp3) is 0.423. The zero-order valence-corrected chi connectivity index (χ0v) is 19.2. The lowest BCUT2D eigenvalue weighted by atomic mass is 9.84. The van der Waals surface area contributed by atoms with Gasteiger partial charge < -0.3 is 10.1 Å². The van der Waals surface area contributed by atoms with Crippen molar-refractivity contribution in [3.8, 4) is 0 Å². The normalized spacial score (nSPS) is 13.8. The minimum atomic E-state index is -2.70. The fourth-order valence-corrected chi connectivity index (χ4v) is 3.82. The molecule has 0 aliphatic carbocycles. The molecule has 2 aromatic carbocycles. The first kappa shape index (κ1) is 26.2. The lowest BCUT2D eigenvalue weighted by Crippen LogP contribution is -2.29. The Balaban J connectivity index is 1.93. The van der Waals surface area contributed by atoms with Gasteiger partial charge in [0, 0.05) is 23.6 Å². The van der Waals surface area contributed by atoms with Crippen LogP contribution >= 0.6 is 0 Å². The molecule has 0 bridgehead atoms. The second kappa shape index (κ2) is 12.8. The molecule has 0 radical (unpaired) electrons. The third-order valence-corrected chi connectivity index (χ3v) is 5.61. The van der Waals surface area contributed by atoms with Crippen LogP contribution in [0.5, 0.6) is 0 Å². The number of benzene rings is 2. The van der Waals surface area contributed by atoms with Gasteiger partial charge in [0.2, 0.25) is 5.91 Å². The number of Topliss-reactive ketones (excluding diaryl/α,β-unsaturated/α-hetero) is 1. The number of carbonyl (C=O) groups is 3. The summed E-state index contributed by atoms with van der Waals surface area (Å²) in [6, 6.07) is 16.1. The Morgan fingerprint density at radius 2 is 1.70 bits per heavy atom. The molecule has 2 aromatic rings. The summed E-state index contributed by atoms with van der Waals surface area (Å²) in [7, 11) is 0. The first-order valence-electron chi connectivity index (χ1n) is 11.1. The van der Waals surface area contributed by atoms with Gasteiger partial charge in [-0.25, -0.2) is 8.78 Å². The summed E-state index contributed by atoms with van der Waals surface area (Å²) in [5.74, 6) is -2.06. The van der Waals surface area contributed by atoms with Crippen molar-refractivity contribution in [2.45, 2.75) is 46.5 Å². The molecule has 0 saturated carbocycles. The Kier molecular flexibility index (Phi) is 10.2. The van der Waals surface area contributed by atoms with Crippen LogP contribution in [0.15, 0.2) is 54.6 Å². The first-order valence-corrected chi connectivity index (χ1v) is 11.1. The van der Waals surface area contributed by atoms with Crippen molar-refractivity contribution in [2.24, 2.45) is 17.8 Å². The first-order chi connectivity index (χ1) is 15.7. The number of halogens is 2. The SMILES string of the molecule is CCC(C(=O)OCC(F)F)C(C)CC(C)C(=O)Nc1cccc(CC(=O)c2ccccc2)c1. The van der Waals surface area contributed by atoms with Gasteiger partial charge in [-0.15, -0.1) is 0 Å². The van der Waals surface area contributed by atoms with Crippen LogP contribution in [0.3, 0.4) is 0 Å². The molecular formula is C26H31F2NO4. The molecule has 33 heavy (non-hydrogen) atoms. The average molecular weight is 460 g/mol. The summed E-state index contributed by atoms with van der Waals surface area (Å²) in [5.41, 5.74) is 2.00. The monoisotopic (exact) mass is 459 g/mol. The van der Waals surface area contributed by atoms with E-state index in [4.69, 9.17) is 0 Å². The Labute approximate surface area is 193 Å². The van der Waals surface area contributed by atoms with Gasteiger partial charge in [-0.1, -0.05) is 63.2 Å². The third kappa shape index (κ3) is 8.40. The third-order valence-electron chi connectivity index (χ3n) is 5.61. The van der Waals surface area contributed by atoms with Crippen LogP contribution in [-0.4, -0.2) is 30.7 Å². The maximum absolute atomic E-state index is 12.7. The van der Waals surface area contributed by atoms with E-state index < -0.39 is 30.8 Å². The molecule has 0 aromatic heterocycles. The van der Waals surface area contributed by atoms with Crippen molar-refractivity contribution >= 4 is 23.3 Å². The van der Waals surface area contributed by atoms with Gasteiger partial charge >= 0.3 is 5.97 Å². The maximum Gasteiger partial charge on any atom is 0.309 e. The topological polar surface area (TPSA) is 72.5 Å². The van der Waals surface area contributed by atoms with Crippen LogP contribution in [0.4, 0.5) is 14.5 Å². The molecule has 2 rings (SSSR count). The number of hydrogen-bond donors (Lipinski definition) is 1. The summed E-state index contributed by atoms with van der Waals surface area (Å²) >= 11 is 0. The van der Waals surface area contributed by atoms with Gasteiger partial charge in [-0.05, 0) is 36.5 Å². The van der Waals surface area contributed by atoms with E-state index in [1.165, 1.54) is 0 Å². The van der Waals surface area contributed by atoms with Crippen molar-refractivity contribution in [2.75, 3.05) is 11.9 Å². The number of ether oxygens (including phenoxy) is 1. The number of amides is 1. The van der Waals surface area contributed by atoms with Crippen LogP contribution < -0.4 is 5.32 Å². The predicted octanol–water partition coefficient (Wildman–Crippen LogP) is 5.55. The molecule has 0 spiro atoms. The van der Waals surface area contributed by atoms with Gasteiger partial charge in [0.1, 0.15) is 0 Å². The zero-order valence-electron chi connectivity index (χ0n) is 19.2. The number of ketones is 1. The smallest absolute Gasteiger partial charge is 0.309 e. The lowest BCUT2D eigenvalue weighted by molar-refractivity contribution is -0.155. The van der Waals surface area contributed by atoms with E-state index in [0.717, 1.165) is 5.56 Å². The Morgan fingerprint density at radius 1 is 1.00 bits per heavy atom.